The molecule has 0 saturated carbocycles. The second-order valence-corrected chi connectivity index (χ2v) is 3.66. The highest BCUT2D eigenvalue weighted by molar-refractivity contribution is 4.57. The molecule has 0 aliphatic carbocycles. The van der Waals surface area contributed by atoms with Crippen LogP contribution in [-0.4, -0.2) is 63.4 Å². The molecule has 0 radical (unpaired) electrons. The maximum absolute atomic E-state index is 5.25. The minimum atomic E-state index is 0.862. The zero-order valence-electron chi connectivity index (χ0n) is 8.75. The quantitative estimate of drug-likeness (QED) is 0.602. The number of rotatable bonds is 5. The summed E-state index contributed by atoms with van der Waals surface area (Å²) < 4.78 is 5.25. The fourth-order valence-corrected chi connectivity index (χ4v) is 1.35. The van der Waals surface area contributed by atoms with Crippen LogP contribution in [0.15, 0.2) is 0 Å². The van der Waals surface area contributed by atoms with Crippen molar-refractivity contribution in [2.24, 2.45) is 0 Å². The Bertz CT molecular complexity index is 124. The summed E-state index contributed by atoms with van der Waals surface area (Å²) in [5.74, 6) is 0. The van der Waals surface area contributed by atoms with Gasteiger partial charge < -0.3 is 9.64 Å². The van der Waals surface area contributed by atoms with Crippen LogP contribution in [0.5, 0.6) is 0 Å². The number of hydrogen-bond acceptors (Lipinski definition) is 4. The SMILES string of the molecule is CN(C)CCCNN1CCOCC1. The van der Waals surface area contributed by atoms with Gasteiger partial charge in [0.05, 0.1) is 13.2 Å². The van der Waals surface area contributed by atoms with E-state index in [1.165, 1.54) is 6.42 Å². The maximum Gasteiger partial charge on any atom is 0.0608 e. The van der Waals surface area contributed by atoms with E-state index in [4.69, 9.17) is 4.74 Å². The Hall–Kier alpha value is -0.160. The van der Waals surface area contributed by atoms with Crippen molar-refractivity contribution in [1.29, 1.82) is 0 Å². The van der Waals surface area contributed by atoms with E-state index in [1.54, 1.807) is 0 Å². The number of hydrazine groups is 1. The average Bonchev–Trinajstić information content (AvgIpc) is 2.14. The van der Waals surface area contributed by atoms with Crippen molar-refractivity contribution in [3.8, 4) is 0 Å². The molecule has 1 heterocycles. The number of morpholine rings is 1. The van der Waals surface area contributed by atoms with Gasteiger partial charge in [0.25, 0.3) is 0 Å². The van der Waals surface area contributed by atoms with Crippen LogP contribution in [0.2, 0.25) is 0 Å². The lowest BCUT2D eigenvalue weighted by Crippen LogP contribution is -2.46. The summed E-state index contributed by atoms with van der Waals surface area (Å²) in [5.41, 5.74) is 3.40. The van der Waals surface area contributed by atoms with Gasteiger partial charge in [-0.05, 0) is 27.1 Å². The van der Waals surface area contributed by atoms with Gasteiger partial charge in [-0.3, -0.25) is 5.43 Å². The van der Waals surface area contributed by atoms with Crippen LogP contribution in [0.4, 0.5) is 0 Å². The third kappa shape index (κ3) is 5.21. The van der Waals surface area contributed by atoms with Crippen LogP contribution in [0, 0.1) is 0 Å². The molecule has 0 amide bonds. The Labute approximate surface area is 80.8 Å². The first-order chi connectivity index (χ1) is 6.29. The first kappa shape index (κ1) is 10.9. The minimum absolute atomic E-state index is 0.862. The molecule has 1 aliphatic heterocycles. The van der Waals surface area contributed by atoms with Crippen LogP contribution in [-0.2, 0) is 4.74 Å². The summed E-state index contributed by atoms with van der Waals surface area (Å²) in [6.07, 6.45) is 1.20. The molecular weight excluding hydrogens is 166 g/mol. The molecule has 1 N–H and O–H groups in total. The Kier molecular flexibility index (Phi) is 5.31. The van der Waals surface area contributed by atoms with Gasteiger partial charge in [-0.25, -0.2) is 5.01 Å². The van der Waals surface area contributed by atoms with Crippen molar-refractivity contribution in [3.05, 3.63) is 0 Å². The molecule has 0 aromatic rings. The predicted octanol–water partition coefficient (Wildman–Crippen LogP) is -0.225. The van der Waals surface area contributed by atoms with Gasteiger partial charge in [-0.1, -0.05) is 0 Å². The van der Waals surface area contributed by atoms with Crippen molar-refractivity contribution in [2.45, 2.75) is 6.42 Å². The highest BCUT2D eigenvalue weighted by atomic mass is 16.5. The fraction of sp³-hybridized carbons (Fsp3) is 1.00. The van der Waals surface area contributed by atoms with E-state index in [0.29, 0.717) is 0 Å². The van der Waals surface area contributed by atoms with Crippen LogP contribution in [0.1, 0.15) is 6.42 Å². The molecule has 0 aromatic heterocycles. The lowest BCUT2D eigenvalue weighted by molar-refractivity contribution is 0.0117. The molecule has 0 bridgehead atoms. The van der Waals surface area contributed by atoms with Gasteiger partial charge in [0.15, 0.2) is 0 Å². The maximum atomic E-state index is 5.25. The van der Waals surface area contributed by atoms with E-state index >= 15 is 0 Å². The third-order valence-electron chi connectivity index (χ3n) is 2.13. The summed E-state index contributed by atoms with van der Waals surface area (Å²) in [4.78, 5) is 2.21. The molecule has 0 unspecified atom stereocenters. The lowest BCUT2D eigenvalue weighted by Gasteiger charge is -2.27. The Balaban J connectivity index is 1.92. The molecule has 4 heteroatoms. The molecule has 1 saturated heterocycles. The smallest absolute Gasteiger partial charge is 0.0608 e. The zero-order valence-corrected chi connectivity index (χ0v) is 8.75. The van der Waals surface area contributed by atoms with E-state index in [9.17, 15) is 0 Å². The summed E-state index contributed by atoms with van der Waals surface area (Å²) in [5, 5.41) is 2.25. The van der Waals surface area contributed by atoms with Crippen molar-refractivity contribution >= 4 is 0 Å². The van der Waals surface area contributed by atoms with Crippen molar-refractivity contribution in [1.82, 2.24) is 15.3 Å². The number of ether oxygens (including phenoxy) is 1. The largest absolute Gasteiger partial charge is 0.379 e. The van der Waals surface area contributed by atoms with Gasteiger partial charge in [0.2, 0.25) is 0 Å². The van der Waals surface area contributed by atoms with E-state index in [2.05, 4.69) is 29.4 Å². The number of nitrogens with one attached hydrogen (secondary N) is 1. The molecule has 0 spiro atoms. The Morgan fingerprint density at radius 1 is 1.31 bits per heavy atom. The molecule has 1 rings (SSSR count). The number of hydrogen-bond donors (Lipinski definition) is 1. The topological polar surface area (TPSA) is 27.7 Å². The second-order valence-electron chi connectivity index (χ2n) is 3.66. The van der Waals surface area contributed by atoms with Gasteiger partial charge in [0, 0.05) is 19.6 Å². The van der Waals surface area contributed by atoms with Gasteiger partial charge >= 0.3 is 0 Å². The highest BCUT2D eigenvalue weighted by Crippen LogP contribution is 1.92. The summed E-state index contributed by atoms with van der Waals surface area (Å²) in [7, 11) is 4.21. The molecule has 0 atom stereocenters. The molecule has 0 aromatic carbocycles. The zero-order chi connectivity index (χ0) is 9.52. The number of nitrogens with zero attached hydrogens (tertiary/aromatic N) is 2. The highest BCUT2D eigenvalue weighted by Gasteiger charge is 2.08. The van der Waals surface area contributed by atoms with Gasteiger partial charge in [-0.15, -0.1) is 0 Å². The van der Waals surface area contributed by atoms with Crippen molar-refractivity contribution in [2.75, 3.05) is 53.5 Å². The Morgan fingerprint density at radius 2 is 2.00 bits per heavy atom. The lowest BCUT2D eigenvalue weighted by atomic mass is 10.4. The third-order valence-corrected chi connectivity index (χ3v) is 2.13. The normalized spacial score (nSPS) is 19.6. The van der Waals surface area contributed by atoms with Crippen molar-refractivity contribution in [3.63, 3.8) is 0 Å². The van der Waals surface area contributed by atoms with E-state index in [0.717, 1.165) is 39.4 Å². The van der Waals surface area contributed by atoms with E-state index < -0.39 is 0 Å². The molecule has 1 aliphatic rings. The van der Waals surface area contributed by atoms with E-state index in [1.807, 2.05) is 0 Å². The van der Waals surface area contributed by atoms with Crippen LogP contribution in [0.3, 0.4) is 0 Å². The van der Waals surface area contributed by atoms with Crippen molar-refractivity contribution < 1.29 is 4.74 Å². The summed E-state index contributed by atoms with van der Waals surface area (Å²) in [6.45, 7) is 5.97. The first-order valence-corrected chi connectivity index (χ1v) is 5.00. The second kappa shape index (κ2) is 6.32. The summed E-state index contributed by atoms with van der Waals surface area (Å²) >= 11 is 0. The van der Waals surface area contributed by atoms with E-state index in [-0.39, 0.29) is 0 Å². The molecule has 1 fully saturated rings. The monoisotopic (exact) mass is 187 g/mol. The molecule has 4 nitrogen and oxygen atoms in total. The Morgan fingerprint density at radius 3 is 2.62 bits per heavy atom. The fourth-order valence-electron chi connectivity index (χ4n) is 1.35. The van der Waals surface area contributed by atoms with Crippen LogP contribution < -0.4 is 5.43 Å². The average molecular weight is 187 g/mol. The van der Waals surface area contributed by atoms with Gasteiger partial charge in [0.1, 0.15) is 0 Å². The van der Waals surface area contributed by atoms with Gasteiger partial charge in [-0.2, -0.15) is 0 Å². The molecule has 78 valence electrons. The minimum Gasteiger partial charge on any atom is -0.379 e. The predicted molar refractivity (Wildman–Crippen MR) is 53.6 cm³/mol. The van der Waals surface area contributed by atoms with Crippen LogP contribution in [0.25, 0.3) is 0 Å². The van der Waals surface area contributed by atoms with Crippen LogP contribution >= 0.6 is 0 Å². The summed E-state index contributed by atoms with van der Waals surface area (Å²) in [6, 6.07) is 0. The first-order valence-electron chi connectivity index (χ1n) is 5.00. The standard InChI is InChI=1S/C9H21N3O/c1-11(2)5-3-4-10-12-6-8-13-9-7-12/h10H,3-9H2,1-2H3. The molecule has 13 heavy (non-hydrogen) atoms. The molecular formula is C9H21N3O.